The van der Waals surface area contributed by atoms with Crippen LogP contribution in [0.3, 0.4) is 0 Å². The van der Waals surface area contributed by atoms with Crippen LogP contribution in [0.1, 0.15) is 68.4 Å². The summed E-state index contributed by atoms with van der Waals surface area (Å²) in [6.45, 7) is 13.3. The van der Waals surface area contributed by atoms with Crippen molar-refractivity contribution in [1.29, 1.82) is 0 Å². The minimum absolute atomic E-state index is 0.0838. The molecule has 0 saturated heterocycles. The van der Waals surface area contributed by atoms with E-state index < -0.39 is 29.1 Å². The third-order valence-corrected chi connectivity index (χ3v) is 7.61. The van der Waals surface area contributed by atoms with Gasteiger partial charge in [0.05, 0.1) is 57.2 Å². The molecule has 2 aromatic rings. The summed E-state index contributed by atoms with van der Waals surface area (Å²) in [7, 11) is 2.89. The Morgan fingerprint density at radius 3 is 1.64 bits per heavy atom. The Kier molecular flexibility index (Phi) is 18.9. The number of nitro benzene ring substituents is 1. The van der Waals surface area contributed by atoms with E-state index in [4.69, 9.17) is 33.2 Å². The Morgan fingerprint density at radius 2 is 1.19 bits per heavy atom. The van der Waals surface area contributed by atoms with Crippen molar-refractivity contribution in [2.75, 3.05) is 53.7 Å². The zero-order chi connectivity index (χ0) is 39.3. The quantitative estimate of drug-likeness (QED) is 0.0464. The highest BCUT2D eigenvalue weighted by Crippen LogP contribution is 2.39. The van der Waals surface area contributed by atoms with E-state index in [1.165, 1.54) is 33.3 Å². The summed E-state index contributed by atoms with van der Waals surface area (Å²) in [5.74, 6) is -0.323. The number of methoxy groups -OCH3 is 2. The molecule has 0 saturated carbocycles. The number of amides is 2. The lowest BCUT2D eigenvalue weighted by molar-refractivity contribution is -0.386. The maximum absolute atomic E-state index is 12.2. The second kappa shape index (κ2) is 23.0. The Labute approximate surface area is 308 Å². The number of nitro groups is 1. The van der Waals surface area contributed by atoms with Crippen LogP contribution < -0.4 is 29.6 Å². The van der Waals surface area contributed by atoms with Crippen LogP contribution in [0.4, 0.5) is 5.69 Å². The van der Waals surface area contributed by atoms with Crippen molar-refractivity contribution in [2.45, 2.75) is 58.7 Å². The minimum Gasteiger partial charge on any atom is -0.493 e. The minimum atomic E-state index is -0.937. The topological polar surface area (TPSA) is 200 Å². The highest BCUT2D eigenvalue weighted by Gasteiger charge is 2.26. The van der Waals surface area contributed by atoms with E-state index >= 15 is 0 Å². The summed E-state index contributed by atoms with van der Waals surface area (Å²) in [6, 6.07) is 6.12. The standard InChI is InChI=1S/C37H49N3O13/c1-8-36(43)52-25(4)27-21-30(47-6)32(20-24(27)3)50-16-10-12-34(41)38-14-18-49-19-15-39-35(42)13-11-17-51-33-23-29(40(45)46)28(22-31(33)48-7)26(5)53-37(44)9-2/h8-9,20-23,25-26H,1-2,10-19H2,3-7H3,(H,38,41)(H,39,42). The van der Waals surface area contributed by atoms with Gasteiger partial charge in [0.2, 0.25) is 11.8 Å². The molecule has 0 aromatic heterocycles. The SMILES string of the molecule is C=CC(=O)OC(C)c1cc(OC)c(OCCCC(=O)NCCOCCNC(=O)CCCOc2cc([N+](=O)[O-])c(C(C)OC(=O)C=C)cc2OC)cc1C. The van der Waals surface area contributed by atoms with Gasteiger partial charge in [0.1, 0.15) is 12.2 Å². The van der Waals surface area contributed by atoms with Crippen molar-refractivity contribution in [3.63, 3.8) is 0 Å². The zero-order valence-electron chi connectivity index (χ0n) is 30.9. The number of ether oxygens (including phenoxy) is 7. The van der Waals surface area contributed by atoms with Crippen molar-refractivity contribution >= 4 is 29.4 Å². The zero-order valence-corrected chi connectivity index (χ0v) is 30.9. The second-order valence-electron chi connectivity index (χ2n) is 11.5. The normalized spacial score (nSPS) is 11.6. The van der Waals surface area contributed by atoms with Crippen LogP contribution in [0.5, 0.6) is 23.0 Å². The summed E-state index contributed by atoms with van der Waals surface area (Å²) >= 11 is 0. The van der Waals surface area contributed by atoms with Gasteiger partial charge in [0.25, 0.3) is 5.69 Å². The molecule has 2 rings (SSSR count). The molecule has 16 nitrogen and oxygen atoms in total. The van der Waals surface area contributed by atoms with Crippen LogP contribution in [0, 0.1) is 17.0 Å². The molecule has 2 amide bonds. The lowest BCUT2D eigenvalue weighted by atomic mass is 10.0. The average molecular weight is 744 g/mol. The Bertz CT molecular complexity index is 1590. The number of hydrogen-bond donors (Lipinski definition) is 2. The molecule has 0 heterocycles. The molecule has 0 fully saturated rings. The summed E-state index contributed by atoms with van der Waals surface area (Å²) in [4.78, 5) is 58.6. The first-order valence-electron chi connectivity index (χ1n) is 16.9. The van der Waals surface area contributed by atoms with Gasteiger partial charge in [-0.2, -0.15) is 0 Å². The van der Waals surface area contributed by atoms with Gasteiger partial charge in [-0.15, -0.1) is 0 Å². The molecule has 0 spiro atoms. The lowest BCUT2D eigenvalue weighted by Gasteiger charge is -2.18. The molecule has 0 aliphatic heterocycles. The molecule has 16 heteroatoms. The molecule has 2 atom stereocenters. The van der Waals surface area contributed by atoms with Crippen molar-refractivity contribution in [1.82, 2.24) is 10.6 Å². The summed E-state index contributed by atoms with van der Waals surface area (Å²) in [6.07, 6.45) is 1.81. The number of esters is 2. The summed E-state index contributed by atoms with van der Waals surface area (Å²) < 4.78 is 38.2. The van der Waals surface area contributed by atoms with Gasteiger partial charge < -0.3 is 43.8 Å². The molecule has 0 aliphatic rings. The maximum Gasteiger partial charge on any atom is 0.330 e. The molecular weight excluding hydrogens is 694 g/mol. The van der Waals surface area contributed by atoms with Gasteiger partial charge in [0, 0.05) is 38.1 Å². The fourth-order valence-corrected chi connectivity index (χ4v) is 4.91. The van der Waals surface area contributed by atoms with E-state index in [-0.39, 0.29) is 80.4 Å². The fraction of sp³-hybridized carbons (Fsp3) is 0.459. The number of aryl methyl sites for hydroxylation is 1. The van der Waals surface area contributed by atoms with Crippen molar-refractivity contribution in [3.05, 3.63) is 76.4 Å². The number of rotatable bonds is 25. The summed E-state index contributed by atoms with van der Waals surface area (Å²) in [5.41, 5.74) is 1.44. The Morgan fingerprint density at radius 1 is 0.736 bits per heavy atom. The predicted molar refractivity (Wildman–Crippen MR) is 193 cm³/mol. The fourth-order valence-electron chi connectivity index (χ4n) is 4.91. The van der Waals surface area contributed by atoms with Crippen LogP contribution in [-0.4, -0.2) is 82.4 Å². The largest absolute Gasteiger partial charge is 0.493 e. The molecule has 2 aromatic carbocycles. The molecule has 0 bridgehead atoms. The highest BCUT2D eigenvalue weighted by atomic mass is 16.6. The maximum atomic E-state index is 12.2. The highest BCUT2D eigenvalue weighted by molar-refractivity contribution is 5.82. The van der Waals surface area contributed by atoms with Crippen molar-refractivity contribution in [2.24, 2.45) is 0 Å². The molecule has 2 N–H and O–H groups in total. The number of benzene rings is 2. The van der Waals surface area contributed by atoms with Crippen LogP contribution in [0.25, 0.3) is 0 Å². The molecule has 2 unspecified atom stereocenters. The van der Waals surface area contributed by atoms with Crippen LogP contribution in [0.15, 0.2) is 49.6 Å². The smallest absolute Gasteiger partial charge is 0.330 e. The predicted octanol–water partition coefficient (Wildman–Crippen LogP) is 4.77. The number of carbonyl (C=O) groups excluding carboxylic acids is 4. The molecular formula is C37H49N3O13. The molecule has 0 radical (unpaired) electrons. The van der Waals surface area contributed by atoms with Gasteiger partial charge in [0.15, 0.2) is 23.0 Å². The van der Waals surface area contributed by atoms with Crippen LogP contribution in [-0.2, 0) is 33.4 Å². The van der Waals surface area contributed by atoms with E-state index in [0.29, 0.717) is 30.9 Å². The van der Waals surface area contributed by atoms with E-state index in [1.54, 1.807) is 19.1 Å². The van der Waals surface area contributed by atoms with Crippen LogP contribution >= 0.6 is 0 Å². The number of nitrogens with zero attached hydrogens (tertiary/aromatic N) is 1. The Balaban J connectivity index is 1.62. The van der Waals surface area contributed by atoms with Gasteiger partial charge >= 0.3 is 11.9 Å². The van der Waals surface area contributed by atoms with Gasteiger partial charge in [-0.3, -0.25) is 19.7 Å². The van der Waals surface area contributed by atoms with E-state index in [2.05, 4.69) is 23.8 Å². The van der Waals surface area contributed by atoms with Gasteiger partial charge in [-0.25, -0.2) is 9.59 Å². The number of carbonyl (C=O) groups is 4. The monoisotopic (exact) mass is 743 g/mol. The number of nitrogens with one attached hydrogen (secondary N) is 2. The Hall–Kier alpha value is -5.64. The number of hydrogen-bond acceptors (Lipinski definition) is 13. The summed E-state index contributed by atoms with van der Waals surface area (Å²) in [5, 5.41) is 17.2. The van der Waals surface area contributed by atoms with E-state index in [0.717, 1.165) is 23.3 Å². The second-order valence-corrected chi connectivity index (χ2v) is 11.5. The first-order chi connectivity index (χ1) is 25.3. The third kappa shape index (κ3) is 14.9. The third-order valence-electron chi connectivity index (χ3n) is 7.61. The average Bonchev–Trinajstić information content (AvgIpc) is 3.13. The van der Waals surface area contributed by atoms with Crippen LogP contribution in [0.2, 0.25) is 0 Å². The lowest BCUT2D eigenvalue weighted by Crippen LogP contribution is -2.30. The van der Waals surface area contributed by atoms with Gasteiger partial charge in [-0.05, 0) is 62.9 Å². The van der Waals surface area contributed by atoms with Gasteiger partial charge in [-0.1, -0.05) is 13.2 Å². The molecule has 0 aliphatic carbocycles. The first kappa shape index (κ1) is 43.5. The molecule has 290 valence electrons. The van der Waals surface area contributed by atoms with Crippen molar-refractivity contribution < 1.29 is 57.3 Å². The molecule has 53 heavy (non-hydrogen) atoms. The van der Waals surface area contributed by atoms with E-state index in [1.807, 2.05) is 6.92 Å². The van der Waals surface area contributed by atoms with E-state index in [9.17, 15) is 29.3 Å². The first-order valence-corrected chi connectivity index (χ1v) is 16.9. The van der Waals surface area contributed by atoms with Crippen molar-refractivity contribution in [3.8, 4) is 23.0 Å².